The van der Waals surface area contributed by atoms with E-state index in [1.807, 2.05) is 13.8 Å². The summed E-state index contributed by atoms with van der Waals surface area (Å²) in [4.78, 5) is 10.3. The standard InChI is InChI=1S/C5H9ClOS2/c1-5(2,9-8)3-4(6)7/h8H,3H2,1-2H3. The highest BCUT2D eigenvalue weighted by Crippen LogP contribution is 2.31. The lowest BCUT2D eigenvalue weighted by atomic mass is 10.1. The number of carbonyl (C=O) groups excluding carboxylic acids is 1. The van der Waals surface area contributed by atoms with Crippen molar-refractivity contribution in [3.05, 3.63) is 0 Å². The maximum atomic E-state index is 10.3. The van der Waals surface area contributed by atoms with E-state index in [1.165, 1.54) is 10.8 Å². The molecule has 0 saturated carbocycles. The zero-order valence-electron chi connectivity index (χ0n) is 5.35. The first-order chi connectivity index (χ1) is 3.98. The average Bonchev–Trinajstić information content (AvgIpc) is 1.63. The predicted octanol–water partition coefficient (Wildman–Crippen LogP) is 2.50. The zero-order valence-corrected chi connectivity index (χ0v) is 7.82. The summed E-state index contributed by atoms with van der Waals surface area (Å²) in [6.07, 6.45) is 0.364. The van der Waals surface area contributed by atoms with Crippen LogP contribution in [0.15, 0.2) is 0 Å². The van der Waals surface area contributed by atoms with E-state index in [4.69, 9.17) is 11.6 Å². The van der Waals surface area contributed by atoms with Crippen molar-refractivity contribution in [2.45, 2.75) is 25.0 Å². The molecular weight excluding hydrogens is 176 g/mol. The van der Waals surface area contributed by atoms with Crippen molar-refractivity contribution in [1.82, 2.24) is 0 Å². The van der Waals surface area contributed by atoms with Gasteiger partial charge in [-0.1, -0.05) is 10.8 Å². The van der Waals surface area contributed by atoms with E-state index in [-0.39, 0.29) is 9.99 Å². The van der Waals surface area contributed by atoms with Gasteiger partial charge < -0.3 is 0 Å². The van der Waals surface area contributed by atoms with Crippen LogP contribution in [0.2, 0.25) is 0 Å². The second-order valence-corrected chi connectivity index (χ2v) is 4.64. The van der Waals surface area contributed by atoms with E-state index in [9.17, 15) is 4.79 Å². The van der Waals surface area contributed by atoms with Crippen molar-refractivity contribution >= 4 is 39.3 Å². The van der Waals surface area contributed by atoms with Gasteiger partial charge in [0.25, 0.3) is 0 Å². The van der Waals surface area contributed by atoms with Crippen LogP contribution in [0.3, 0.4) is 0 Å². The molecule has 0 radical (unpaired) electrons. The Hall–Kier alpha value is 0.660. The molecule has 1 nitrogen and oxygen atoms in total. The summed E-state index contributed by atoms with van der Waals surface area (Å²) in [6.45, 7) is 3.84. The van der Waals surface area contributed by atoms with E-state index in [2.05, 4.69) is 11.7 Å². The van der Waals surface area contributed by atoms with Gasteiger partial charge in [-0.2, -0.15) is 0 Å². The molecule has 0 unspecified atom stereocenters. The van der Waals surface area contributed by atoms with E-state index >= 15 is 0 Å². The van der Waals surface area contributed by atoms with Gasteiger partial charge in [0.15, 0.2) is 0 Å². The number of rotatable bonds is 3. The Kier molecular flexibility index (Phi) is 4.01. The molecule has 0 N–H and O–H groups in total. The average molecular weight is 185 g/mol. The van der Waals surface area contributed by atoms with E-state index < -0.39 is 0 Å². The van der Waals surface area contributed by atoms with Gasteiger partial charge in [0.05, 0.1) is 0 Å². The summed E-state index contributed by atoms with van der Waals surface area (Å²) in [5.74, 6) is 0. The van der Waals surface area contributed by atoms with Gasteiger partial charge in [0.2, 0.25) is 5.24 Å². The summed E-state index contributed by atoms with van der Waals surface area (Å²) in [5, 5.41) is -0.304. The van der Waals surface area contributed by atoms with Crippen molar-refractivity contribution in [3.8, 4) is 0 Å². The van der Waals surface area contributed by atoms with Crippen molar-refractivity contribution in [2.24, 2.45) is 0 Å². The number of hydrogen-bond acceptors (Lipinski definition) is 3. The lowest BCUT2D eigenvalue weighted by molar-refractivity contribution is -0.112. The van der Waals surface area contributed by atoms with E-state index in [0.29, 0.717) is 6.42 Å². The molecule has 0 atom stereocenters. The minimum absolute atomic E-state index is 0.137. The quantitative estimate of drug-likeness (QED) is 0.413. The van der Waals surface area contributed by atoms with Crippen LogP contribution in [0, 0.1) is 0 Å². The van der Waals surface area contributed by atoms with Gasteiger partial charge in [-0.05, 0) is 25.4 Å². The van der Waals surface area contributed by atoms with Crippen LogP contribution in [0.5, 0.6) is 0 Å². The van der Waals surface area contributed by atoms with Crippen molar-refractivity contribution in [3.63, 3.8) is 0 Å². The Morgan fingerprint density at radius 2 is 2.22 bits per heavy atom. The molecular formula is C5H9ClOS2. The summed E-state index contributed by atoms with van der Waals surface area (Å²) < 4.78 is -0.137. The van der Waals surface area contributed by atoms with Crippen molar-refractivity contribution in [2.75, 3.05) is 0 Å². The fourth-order valence-corrected chi connectivity index (χ4v) is 1.17. The highest BCUT2D eigenvalue weighted by Gasteiger charge is 2.19. The molecule has 0 spiro atoms. The summed E-state index contributed by atoms with van der Waals surface area (Å²) >= 11 is 9.14. The number of hydrogen-bond donors (Lipinski definition) is 1. The lowest BCUT2D eigenvalue weighted by Gasteiger charge is -2.17. The van der Waals surface area contributed by atoms with Gasteiger partial charge in [0, 0.05) is 11.2 Å². The molecule has 0 rings (SSSR count). The molecule has 9 heavy (non-hydrogen) atoms. The van der Waals surface area contributed by atoms with E-state index in [0.717, 1.165) is 0 Å². The monoisotopic (exact) mass is 184 g/mol. The largest absolute Gasteiger partial charge is 0.281 e. The Labute approximate surface area is 69.3 Å². The van der Waals surface area contributed by atoms with Crippen LogP contribution >= 0.6 is 34.1 Å². The summed E-state index contributed by atoms with van der Waals surface area (Å²) in [7, 11) is 1.34. The molecule has 0 saturated heterocycles. The molecule has 0 aliphatic rings. The molecule has 0 fully saturated rings. The Bertz CT molecular complexity index is 114. The van der Waals surface area contributed by atoms with Gasteiger partial charge in [-0.25, -0.2) is 0 Å². The highest BCUT2D eigenvalue weighted by atomic mass is 35.5. The second-order valence-electron chi connectivity index (χ2n) is 2.38. The normalized spacial score (nSPS) is 11.6. The SMILES string of the molecule is CC(C)(CC(=O)Cl)SS. The minimum atomic E-state index is -0.304. The molecule has 0 aromatic heterocycles. The summed E-state index contributed by atoms with van der Waals surface area (Å²) in [6, 6.07) is 0. The number of halogens is 1. The molecule has 0 aromatic carbocycles. The predicted molar refractivity (Wildman–Crippen MR) is 46.1 cm³/mol. The maximum Gasteiger partial charge on any atom is 0.223 e. The lowest BCUT2D eigenvalue weighted by Crippen LogP contribution is -2.15. The molecule has 0 aromatic rings. The van der Waals surface area contributed by atoms with E-state index in [1.54, 1.807) is 0 Å². The van der Waals surface area contributed by atoms with Crippen LogP contribution in [-0.2, 0) is 4.79 Å². The van der Waals surface area contributed by atoms with Gasteiger partial charge >= 0.3 is 0 Å². The molecule has 0 amide bonds. The molecule has 0 aliphatic carbocycles. The Morgan fingerprint density at radius 3 is 2.33 bits per heavy atom. The third-order valence-electron chi connectivity index (χ3n) is 0.812. The van der Waals surface area contributed by atoms with Gasteiger partial charge in [-0.3, -0.25) is 4.79 Å². The number of thiol groups is 1. The molecule has 0 heterocycles. The third-order valence-corrected chi connectivity index (χ3v) is 3.07. The van der Waals surface area contributed by atoms with Crippen molar-refractivity contribution in [1.29, 1.82) is 0 Å². The Balaban J connectivity index is 3.71. The first kappa shape index (κ1) is 9.66. The molecule has 0 aliphatic heterocycles. The van der Waals surface area contributed by atoms with Crippen LogP contribution in [-0.4, -0.2) is 9.99 Å². The van der Waals surface area contributed by atoms with Crippen LogP contribution in [0.25, 0.3) is 0 Å². The fraction of sp³-hybridized carbons (Fsp3) is 0.800. The summed E-state index contributed by atoms with van der Waals surface area (Å²) in [5.41, 5.74) is 0. The smallest absolute Gasteiger partial charge is 0.223 e. The fourth-order valence-electron chi connectivity index (χ4n) is 0.367. The Morgan fingerprint density at radius 1 is 1.78 bits per heavy atom. The maximum absolute atomic E-state index is 10.3. The first-order valence-electron chi connectivity index (χ1n) is 2.49. The van der Waals surface area contributed by atoms with Crippen LogP contribution in [0.4, 0.5) is 0 Å². The second kappa shape index (κ2) is 3.74. The number of carbonyl (C=O) groups is 1. The highest BCUT2D eigenvalue weighted by molar-refractivity contribution is 8.69. The third kappa shape index (κ3) is 5.12. The molecule has 54 valence electrons. The van der Waals surface area contributed by atoms with Crippen LogP contribution < -0.4 is 0 Å². The van der Waals surface area contributed by atoms with Gasteiger partial charge in [0.1, 0.15) is 0 Å². The van der Waals surface area contributed by atoms with Crippen molar-refractivity contribution < 1.29 is 4.79 Å². The molecule has 0 bridgehead atoms. The van der Waals surface area contributed by atoms with Crippen LogP contribution in [0.1, 0.15) is 20.3 Å². The minimum Gasteiger partial charge on any atom is -0.281 e. The topological polar surface area (TPSA) is 17.1 Å². The zero-order chi connectivity index (χ0) is 7.49. The first-order valence-corrected chi connectivity index (χ1v) is 4.73. The molecule has 4 heteroatoms. The van der Waals surface area contributed by atoms with Gasteiger partial charge in [-0.15, -0.1) is 11.7 Å².